The van der Waals surface area contributed by atoms with Gasteiger partial charge in [-0.25, -0.2) is 19.6 Å². The number of nitrogens with zero attached hydrogens (tertiary/aromatic N) is 3. The van der Waals surface area contributed by atoms with Crippen molar-refractivity contribution in [2.24, 2.45) is 5.73 Å². The van der Waals surface area contributed by atoms with Crippen LogP contribution in [0, 0.1) is 0 Å². The molecule has 36 N–H and O–H groups in total. The van der Waals surface area contributed by atoms with Crippen LogP contribution >= 0.6 is 12.6 Å². The third-order valence-electron chi connectivity index (χ3n) is 16.8. The van der Waals surface area contributed by atoms with E-state index in [0.29, 0.717) is 5.69 Å². The second-order valence-electron chi connectivity index (χ2n) is 25.5. The first kappa shape index (κ1) is 98.4. The molecule has 0 aliphatic rings. The highest BCUT2D eigenvalue weighted by molar-refractivity contribution is 7.80. The molecule has 0 saturated carbocycles. The summed E-state index contributed by atoms with van der Waals surface area (Å²) in [6.07, 6.45) is -37.7. The minimum absolute atomic E-state index is 0.00686. The van der Waals surface area contributed by atoms with Crippen LogP contribution in [0.5, 0.6) is 0 Å². The van der Waals surface area contributed by atoms with Gasteiger partial charge in [-0.05, 0) is 56.4 Å². The van der Waals surface area contributed by atoms with Crippen molar-refractivity contribution in [1.82, 2.24) is 73.1 Å². The summed E-state index contributed by atoms with van der Waals surface area (Å²) in [5, 5.41) is 230. The van der Waals surface area contributed by atoms with Crippen LogP contribution in [0.15, 0.2) is 47.7 Å². The van der Waals surface area contributed by atoms with Crippen LogP contribution in [0.1, 0.15) is 67.4 Å². The number of hydrogen-bond acceptors (Lipinski definition) is 38. The van der Waals surface area contributed by atoms with Crippen LogP contribution in [0.4, 0.5) is 11.6 Å². The molecule has 0 aliphatic heterocycles. The lowest BCUT2D eigenvalue weighted by Crippen LogP contribution is -2.66. The van der Waals surface area contributed by atoms with Crippen molar-refractivity contribution in [1.29, 1.82) is 0 Å². The number of carboxylic acid groups (broad SMARTS) is 4. The van der Waals surface area contributed by atoms with Gasteiger partial charge in [-0.1, -0.05) is 6.58 Å². The van der Waals surface area contributed by atoms with E-state index in [2.05, 4.69) is 55.1 Å². The van der Waals surface area contributed by atoms with Gasteiger partial charge in [0.1, 0.15) is 128 Å². The molecule has 115 heavy (non-hydrogen) atoms. The molecule has 9 amide bonds. The maximum Gasteiger partial charge on any atom is 0.327 e. The number of H-pyrrole nitrogens is 1. The summed E-state index contributed by atoms with van der Waals surface area (Å²) in [5.74, 6) is -23.1. The first-order valence-electron chi connectivity index (χ1n) is 34.3. The summed E-state index contributed by atoms with van der Waals surface area (Å²) in [4.78, 5) is 202. The highest BCUT2D eigenvalue weighted by atomic mass is 32.1. The number of anilines is 2. The van der Waals surface area contributed by atoms with E-state index in [-0.39, 0.29) is 53.7 Å². The molecular formula is C63H95N17O34S. The molecule has 0 bridgehead atoms. The Kier molecular flexibility index (Phi) is 40.9. The number of fused-ring (bicyclic) bond motifs is 1. The van der Waals surface area contributed by atoms with E-state index in [1.165, 1.54) is 30.5 Å². The summed E-state index contributed by atoms with van der Waals surface area (Å²) < 4.78 is 0. The van der Waals surface area contributed by atoms with Gasteiger partial charge in [-0.2, -0.15) is 17.6 Å². The van der Waals surface area contributed by atoms with Crippen LogP contribution in [0.2, 0.25) is 0 Å². The average Bonchev–Trinajstić information content (AvgIpc) is 0.818. The zero-order valence-electron chi connectivity index (χ0n) is 60.4. The van der Waals surface area contributed by atoms with Crippen molar-refractivity contribution in [2.75, 3.05) is 49.8 Å². The molecule has 0 radical (unpaired) electrons. The maximum absolute atomic E-state index is 14.7. The minimum Gasteiger partial charge on any atom is -0.481 e. The van der Waals surface area contributed by atoms with E-state index in [9.17, 15) is 169 Å². The number of carbonyl (C=O) groups excluding carboxylic acids is 9. The van der Waals surface area contributed by atoms with Crippen LogP contribution in [0.3, 0.4) is 0 Å². The molecule has 0 unspecified atom stereocenters. The first-order valence-corrected chi connectivity index (χ1v) is 35.0. The molecule has 51 nitrogen and oxygen atoms in total. The Morgan fingerprint density at radius 3 is 1.21 bits per heavy atom. The van der Waals surface area contributed by atoms with Gasteiger partial charge < -0.3 is 172 Å². The number of aliphatic hydroxyl groups excluding tert-OH is 16. The smallest absolute Gasteiger partial charge is 0.327 e. The Morgan fingerprint density at radius 2 is 0.843 bits per heavy atom. The number of aliphatic carboxylic acids is 4. The number of thiol groups is 1. The number of benzene rings is 1. The van der Waals surface area contributed by atoms with Crippen LogP contribution in [-0.4, -0.2) is 365 Å². The van der Waals surface area contributed by atoms with Crippen molar-refractivity contribution in [3.05, 3.63) is 64.5 Å². The van der Waals surface area contributed by atoms with Gasteiger partial charge >= 0.3 is 23.9 Å². The predicted molar refractivity (Wildman–Crippen MR) is 386 cm³/mol. The molecule has 1 aromatic carbocycles. The molecule has 3 rings (SSSR count). The summed E-state index contributed by atoms with van der Waals surface area (Å²) in [5.41, 5.74) is 10.9. The number of nitrogen functional groups attached to an aromatic ring is 1. The minimum atomic E-state index is -2.93. The Labute approximate surface area is 653 Å². The maximum atomic E-state index is 14.7. The lowest BCUT2D eigenvalue weighted by Gasteiger charge is -2.33. The second kappa shape index (κ2) is 47.8. The van der Waals surface area contributed by atoms with Crippen molar-refractivity contribution in [3.63, 3.8) is 0 Å². The number of aliphatic hydroxyl groups is 16. The molecule has 0 aliphatic carbocycles. The largest absolute Gasteiger partial charge is 0.481 e. The van der Waals surface area contributed by atoms with E-state index in [1.54, 1.807) is 5.32 Å². The Hall–Kier alpha value is -10.8. The fraction of sp³-hybridized carbons (Fsp3) is 0.571. The summed E-state index contributed by atoms with van der Waals surface area (Å²) >= 11 is 3.78. The number of nitrogens with one attached hydrogen (secondary N) is 12. The number of nitrogens with two attached hydrogens (primary N) is 2. The molecule has 2 heterocycles. The summed E-state index contributed by atoms with van der Waals surface area (Å²) in [6, 6.07) is -16.7. The van der Waals surface area contributed by atoms with E-state index in [4.69, 9.17) is 11.5 Å². The molecule has 0 saturated heterocycles. The lowest BCUT2D eigenvalue weighted by molar-refractivity contribution is -0.146. The molecule has 3 aromatic rings. The van der Waals surface area contributed by atoms with Gasteiger partial charge in [0.25, 0.3) is 11.5 Å². The Balaban J connectivity index is 2.08. The molecule has 642 valence electrons. The van der Waals surface area contributed by atoms with Gasteiger partial charge in [0.05, 0.1) is 50.7 Å². The van der Waals surface area contributed by atoms with Gasteiger partial charge in [0.2, 0.25) is 53.2 Å². The van der Waals surface area contributed by atoms with E-state index < -0.39 is 287 Å². The van der Waals surface area contributed by atoms with Gasteiger partial charge in [0, 0.05) is 42.8 Å². The summed E-state index contributed by atoms with van der Waals surface area (Å²) in [7, 11) is 0. The second-order valence-corrected chi connectivity index (χ2v) is 25.8. The van der Waals surface area contributed by atoms with Crippen LogP contribution in [-0.2, 0) is 64.1 Å². The van der Waals surface area contributed by atoms with E-state index >= 15 is 0 Å². The molecular weight excluding hydrogens is 1570 g/mol. The number of hydrogen-bond donors (Lipinski definition) is 35. The SMILES string of the molecule is C=C(N)NCCC[C@H](NC(=O)[C@@H](NC(=O)[C@H](CCC(=O)O)NC(=O)[C@@H](NC(=O)CC[C@H](NC(=O)c1ccc(NCc2cnc3nc(N)[nH]c(=O)c3n2)cc1)C(=O)O)[C@@H](O)[C@H](O)[C@H](O)CO)[C@@H](O)[C@H](O)[C@H](O)CO)C(=O)N[C@H](C(=O)N[C@@H](CCC(=O)O)C(=O)N[C@H](C(=O)N[C@@H](CS)C(=O)O)[C@@H](O)[C@H](O)[C@H](O)CO)[C@@H](O)[C@H](O)[C@H](O)CO. The summed E-state index contributed by atoms with van der Waals surface area (Å²) in [6.45, 7) is -2.44. The van der Waals surface area contributed by atoms with Crippen LogP contribution < -0.4 is 75.5 Å². The monoisotopic (exact) mass is 1670 g/mol. The number of aromatic amines is 1. The molecule has 52 heteroatoms. The molecule has 0 fully saturated rings. The highest BCUT2D eigenvalue weighted by Gasteiger charge is 2.45. The normalized spacial score (nSPS) is 16.9. The first-order chi connectivity index (χ1) is 54.0. The van der Waals surface area contributed by atoms with Crippen molar-refractivity contribution in [3.8, 4) is 0 Å². The number of amides is 9. The number of carboxylic acids is 4. The molecule has 2 aromatic heterocycles. The molecule has 0 spiro atoms. The quantitative estimate of drug-likeness (QED) is 0.0184. The van der Waals surface area contributed by atoms with Crippen molar-refractivity contribution >= 4 is 112 Å². The Bertz CT molecular complexity index is 3890. The third kappa shape index (κ3) is 30.8. The van der Waals surface area contributed by atoms with Crippen LogP contribution in [0.25, 0.3) is 11.2 Å². The van der Waals surface area contributed by atoms with Crippen molar-refractivity contribution in [2.45, 2.75) is 186 Å². The fourth-order valence-corrected chi connectivity index (χ4v) is 10.5. The lowest BCUT2D eigenvalue weighted by atomic mass is 9.97. The predicted octanol–water partition coefficient (Wildman–Crippen LogP) is -16.4. The van der Waals surface area contributed by atoms with Gasteiger partial charge in [-0.15, -0.1) is 0 Å². The van der Waals surface area contributed by atoms with E-state index in [0.717, 1.165) is 0 Å². The highest BCUT2D eigenvalue weighted by Crippen LogP contribution is 2.18. The average molecular weight is 1670 g/mol. The van der Waals surface area contributed by atoms with E-state index in [1.807, 2.05) is 37.2 Å². The van der Waals surface area contributed by atoms with Crippen molar-refractivity contribution < 1.29 is 164 Å². The zero-order valence-corrected chi connectivity index (χ0v) is 61.3. The molecule has 21 atom stereocenters. The number of aromatic nitrogens is 4. The van der Waals surface area contributed by atoms with Gasteiger partial charge in [-0.3, -0.25) is 62.5 Å². The fourth-order valence-electron chi connectivity index (χ4n) is 10.3. The standard InChI is InChI=1S/C63H95N17O34S/c1-22(64)66-14-2-3-26(53(103)76-40(49(100)45(96)33(87)19-83)58(108)72-28(10-13-37(92)93)55(105)78-41(50(101)46(97)34(88)20-84)59(109)74-30(21-115)62(113)114)70-57(107)39(48(99)44(95)32(86)18-82)77-54(104)27(9-12-36(90)91)71-56(106)38(47(98)43(94)31(85)17-81)75-35(89)11-8-29(61(111)112)73-52(102)23-4-6-24(7-5-23)67-15-25-16-68-51-42(69-25)60(110)80-63(65)79-51/h4-7,16,26-34,38-41,43-50,66-67,81-88,94-101,115H,1-3,8-15,17-21,64H2,(H,70,107)(H,71,106)(H,72,108)(H,73,102)(H,74,109)(H,75,89)(H,76,103)(H,77,104)(H,78,105)(H,90,91)(H,92,93)(H,111,112)(H,113,114)(H3,65,68,79,80,110)/t26-,27-,28-,29-,30-,31+,32+,33+,34+,38-,39-,40-,41-,43+,44+,45+,46+,47+,48+,49+,50+/m0/s1. The third-order valence-corrected chi connectivity index (χ3v) is 17.2. The number of rotatable bonds is 53. The topological polar surface area (TPSA) is 882 Å². The number of carbonyl (C=O) groups is 13. The zero-order chi connectivity index (χ0) is 87.0. The van der Waals surface area contributed by atoms with Gasteiger partial charge in [0.15, 0.2) is 11.2 Å². The Morgan fingerprint density at radius 1 is 0.470 bits per heavy atom.